The Labute approximate surface area is 128 Å². The zero-order valence-corrected chi connectivity index (χ0v) is 12.8. The largest absolute Gasteiger partial charge is 0.391 e. The molecule has 0 aliphatic heterocycles. The summed E-state index contributed by atoms with van der Waals surface area (Å²) >= 11 is 5.88. The minimum atomic E-state index is -4.04. The van der Waals surface area contributed by atoms with Gasteiger partial charge in [0.2, 0.25) is 0 Å². The van der Waals surface area contributed by atoms with E-state index in [1.807, 2.05) is 24.3 Å². The molecule has 118 valence electrons. The van der Waals surface area contributed by atoms with E-state index in [2.05, 4.69) is 12.2 Å². The molecule has 0 aromatic heterocycles. The Morgan fingerprint density at radius 3 is 2.19 bits per heavy atom. The molecule has 0 heterocycles. The first-order valence-corrected chi connectivity index (χ1v) is 7.86. The van der Waals surface area contributed by atoms with E-state index in [0.717, 1.165) is 12.0 Å². The molecule has 5 heteroatoms. The van der Waals surface area contributed by atoms with Crippen molar-refractivity contribution in [1.29, 1.82) is 0 Å². The standard InChI is InChI=1S/C16H21ClF3N/c1-2-15(11-3-7-13(17)8-4-11)21-14-9-5-12(6-10-14)16(18,19)20/h3-4,7-8,12,14-15,21H,2,5-6,9-10H2,1H3. The van der Waals surface area contributed by atoms with Gasteiger partial charge in [0.15, 0.2) is 0 Å². The fourth-order valence-corrected chi connectivity index (χ4v) is 3.14. The first-order chi connectivity index (χ1) is 9.90. The van der Waals surface area contributed by atoms with E-state index in [1.165, 1.54) is 0 Å². The molecule has 0 saturated heterocycles. The van der Waals surface area contributed by atoms with Gasteiger partial charge in [0.05, 0.1) is 5.92 Å². The molecule has 1 nitrogen and oxygen atoms in total. The Bertz CT molecular complexity index is 436. The molecule has 1 atom stereocenters. The van der Waals surface area contributed by atoms with Crippen LogP contribution < -0.4 is 5.32 Å². The smallest absolute Gasteiger partial charge is 0.307 e. The Kier molecular flexibility index (Phi) is 5.55. The summed E-state index contributed by atoms with van der Waals surface area (Å²) in [5, 5.41) is 4.20. The molecule has 1 fully saturated rings. The summed E-state index contributed by atoms with van der Waals surface area (Å²) in [5.74, 6) is -1.12. The van der Waals surface area contributed by atoms with Crippen LogP contribution in [0.4, 0.5) is 13.2 Å². The van der Waals surface area contributed by atoms with Gasteiger partial charge in [-0.3, -0.25) is 0 Å². The van der Waals surface area contributed by atoms with Crippen molar-refractivity contribution in [3.05, 3.63) is 34.9 Å². The van der Waals surface area contributed by atoms with E-state index < -0.39 is 12.1 Å². The molecule has 0 spiro atoms. The van der Waals surface area contributed by atoms with Gasteiger partial charge >= 0.3 is 6.18 Å². The van der Waals surface area contributed by atoms with Gasteiger partial charge in [-0.25, -0.2) is 0 Å². The molecule has 1 aliphatic carbocycles. The van der Waals surface area contributed by atoms with E-state index in [1.54, 1.807) is 0 Å². The number of rotatable bonds is 4. The van der Waals surface area contributed by atoms with Gasteiger partial charge in [-0.15, -0.1) is 0 Å². The van der Waals surface area contributed by atoms with E-state index in [0.29, 0.717) is 17.9 Å². The van der Waals surface area contributed by atoms with Crippen LogP contribution >= 0.6 is 11.6 Å². The van der Waals surface area contributed by atoms with Crippen molar-refractivity contribution in [2.75, 3.05) is 0 Å². The number of benzene rings is 1. The highest BCUT2D eigenvalue weighted by Gasteiger charge is 2.41. The average molecular weight is 320 g/mol. The quantitative estimate of drug-likeness (QED) is 0.772. The minimum absolute atomic E-state index is 0.171. The predicted octanol–water partition coefficient (Wildman–Crippen LogP) is 5.50. The molecule has 0 amide bonds. The lowest BCUT2D eigenvalue weighted by atomic mass is 9.85. The fraction of sp³-hybridized carbons (Fsp3) is 0.625. The van der Waals surface area contributed by atoms with E-state index >= 15 is 0 Å². The van der Waals surface area contributed by atoms with Gasteiger partial charge in [-0.2, -0.15) is 13.2 Å². The summed E-state index contributed by atoms with van der Waals surface area (Å²) in [7, 11) is 0. The minimum Gasteiger partial charge on any atom is -0.307 e. The van der Waals surface area contributed by atoms with Gasteiger partial charge in [-0.05, 0) is 49.8 Å². The van der Waals surface area contributed by atoms with Crippen LogP contribution in [-0.4, -0.2) is 12.2 Å². The number of nitrogens with one attached hydrogen (secondary N) is 1. The second kappa shape index (κ2) is 7.01. The summed E-state index contributed by atoms with van der Waals surface area (Å²) < 4.78 is 38.0. The summed E-state index contributed by atoms with van der Waals surface area (Å²) in [6, 6.07) is 8.00. The maximum Gasteiger partial charge on any atom is 0.391 e. The van der Waals surface area contributed by atoms with Crippen molar-refractivity contribution in [2.45, 2.75) is 57.3 Å². The van der Waals surface area contributed by atoms with Crippen LogP contribution in [0.15, 0.2) is 24.3 Å². The van der Waals surface area contributed by atoms with Gasteiger partial charge in [-0.1, -0.05) is 30.7 Å². The molecule has 1 unspecified atom stereocenters. The SMILES string of the molecule is CCC(NC1CCC(C(F)(F)F)CC1)c1ccc(Cl)cc1. The highest BCUT2D eigenvalue weighted by Crippen LogP contribution is 2.38. The maximum atomic E-state index is 12.7. The van der Waals surface area contributed by atoms with Crippen molar-refractivity contribution in [3.63, 3.8) is 0 Å². The monoisotopic (exact) mass is 319 g/mol. The Morgan fingerprint density at radius 1 is 1.14 bits per heavy atom. The third-order valence-corrected chi connectivity index (χ3v) is 4.56. The molecular weight excluding hydrogens is 299 g/mol. The molecule has 1 N–H and O–H groups in total. The van der Waals surface area contributed by atoms with Gasteiger partial charge in [0.1, 0.15) is 0 Å². The third-order valence-electron chi connectivity index (χ3n) is 4.31. The number of halogens is 4. The Balaban J connectivity index is 1.90. The third kappa shape index (κ3) is 4.62. The lowest BCUT2D eigenvalue weighted by molar-refractivity contribution is -0.182. The first-order valence-electron chi connectivity index (χ1n) is 7.48. The van der Waals surface area contributed by atoms with Crippen molar-refractivity contribution in [1.82, 2.24) is 5.32 Å². The number of hydrogen-bond acceptors (Lipinski definition) is 1. The second-order valence-corrected chi connectivity index (χ2v) is 6.21. The number of alkyl halides is 3. The van der Waals surface area contributed by atoms with Gasteiger partial charge in [0.25, 0.3) is 0 Å². The zero-order chi connectivity index (χ0) is 15.5. The summed E-state index contributed by atoms with van der Waals surface area (Å²) in [5.41, 5.74) is 1.14. The molecule has 2 rings (SSSR count). The first kappa shape index (κ1) is 16.6. The molecular formula is C16H21ClF3N. The molecule has 21 heavy (non-hydrogen) atoms. The van der Waals surface area contributed by atoms with Crippen molar-refractivity contribution in [3.8, 4) is 0 Å². The fourth-order valence-electron chi connectivity index (χ4n) is 3.02. The summed E-state index contributed by atoms with van der Waals surface area (Å²) in [6.45, 7) is 2.08. The van der Waals surface area contributed by atoms with Crippen molar-refractivity contribution in [2.24, 2.45) is 5.92 Å². The Hall–Kier alpha value is -0.740. The van der Waals surface area contributed by atoms with Crippen LogP contribution in [0.2, 0.25) is 5.02 Å². The van der Waals surface area contributed by atoms with Gasteiger partial charge < -0.3 is 5.32 Å². The van der Waals surface area contributed by atoms with Crippen LogP contribution in [-0.2, 0) is 0 Å². The lowest BCUT2D eigenvalue weighted by Gasteiger charge is -2.33. The zero-order valence-electron chi connectivity index (χ0n) is 12.1. The second-order valence-electron chi connectivity index (χ2n) is 5.77. The lowest BCUT2D eigenvalue weighted by Crippen LogP contribution is -2.38. The molecule has 0 radical (unpaired) electrons. The predicted molar refractivity (Wildman–Crippen MR) is 79.4 cm³/mol. The average Bonchev–Trinajstić information content (AvgIpc) is 2.45. The summed E-state index contributed by atoms with van der Waals surface area (Å²) in [6.07, 6.45) is -1.48. The topological polar surface area (TPSA) is 12.0 Å². The molecule has 0 bridgehead atoms. The highest BCUT2D eigenvalue weighted by molar-refractivity contribution is 6.30. The van der Waals surface area contributed by atoms with Crippen LogP contribution in [0.3, 0.4) is 0 Å². The van der Waals surface area contributed by atoms with E-state index in [4.69, 9.17) is 11.6 Å². The maximum absolute atomic E-state index is 12.7. The highest BCUT2D eigenvalue weighted by atomic mass is 35.5. The van der Waals surface area contributed by atoms with Crippen LogP contribution in [0.1, 0.15) is 50.6 Å². The molecule has 1 saturated carbocycles. The van der Waals surface area contributed by atoms with Crippen LogP contribution in [0.25, 0.3) is 0 Å². The van der Waals surface area contributed by atoms with Crippen LogP contribution in [0, 0.1) is 5.92 Å². The Morgan fingerprint density at radius 2 is 1.71 bits per heavy atom. The molecule has 1 aromatic rings. The van der Waals surface area contributed by atoms with Crippen molar-refractivity contribution >= 4 is 11.6 Å². The van der Waals surface area contributed by atoms with E-state index in [-0.39, 0.29) is 24.9 Å². The number of hydrogen-bond donors (Lipinski definition) is 1. The van der Waals surface area contributed by atoms with E-state index in [9.17, 15) is 13.2 Å². The van der Waals surface area contributed by atoms with Crippen LogP contribution in [0.5, 0.6) is 0 Å². The van der Waals surface area contributed by atoms with Crippen molar-refractivity contribution < 1.29 is 13.2 Å². The molecule has 1 aliphatic rings. The van der Waals surface area contributed by atoms with Gasteiger partial charge in [0, 0.05) is 17.1 Å². The summed E-state index contributed by atoms with van der Waals surface area (Å²) in [4.78, 5) is 0. The normalized spacial score (nSPS) is 24.8. The molecule has 1 aromatic carbocycles.